The van der Waals surface area contributed by atoms with E-state index in [1.165, 1.54) is 0 Å². The third-order valence-corrected chi connectivity index (χ3v) is 2.58. The zero-order chi connectivity index (χ0) is 7.72. The van der Waals surface area contributed by atoms with Crippen LogP contribution in [0.4, 0.5) is 0 Å². The van der Waals surface area contributed by atoms with Crippen molar-refractivity contribution >= 4 is 22.3 Å². The molecule has 0 saturated heterocycles. The summed E-state index contributed by atoms with van der Waals surface area (Å²) in [6.45, 7) is 4.28. The van der Waals surface area contributed by atoms with Gasteiger partial charge in [0.2, 0.25) is 0 Å². The number of alkyl halides is 1. The van der Waals surface area contributed by atoms with Crippen molar-refractivity contribution in [3.63, 3.8) is 0 Å². The Morgan fingerprint density at radius 2 is 2.20 bits per heavy atom. The van der Waals surface area contributed by atoms with E-state index in [0.717, 1.165) is 0 Å². The Hall–Kier alpha value is -0.250. The first-order valence-corrected chi connectivity index (χ1v) is 4.23. The lowest BCUT2D eigenvalue weighted by Crippen LogP contribution is -2.37. The molecule has 0 bridgehead atoms. The highest BCUT2D eigenvalue weighted by atomic mass is 79.9. The van der Waals surface area contributed by atoms with Crippen molar-refractivity contribution in [3.05, 3.63) is 0 Å². The number of hydrogen-bond donors (Lipinski definition) is 0. The lowest BCUT2D eigenvalue weighted by Gasteiger charge is -2.26. The van der Waals surface area contributed by atoms with E-state index in [-0.39, 0.29) is 5.08 Å². The smallest absolute Gasteiger partial charge is 0.175 e. The SMILES string of the molecule is CC(C)N1C=NN(C)C1Br. The van der Waals surface area contributed by atoms with Crippen molar-refractivity contribution in [3.8, 4) is 0 Å². The molecule has 1 heterocycles. The monoisotopic (exact) mass is 205 g/mol. The number of nitrogens with zero attached hydrogens (tertiary/aromatic N) is 3. The molecule has 0 saturated carbocycles. The molecule has 0 fully saturated rings. The van der Waals surface area contributed by atoms with E-state index in [1.807, 2.05) is 18.4 Å². The molecule has 3 nitrogen and oxygen atoms in total. The molecule has 0 N–H and O–H groups in total. The standard InChI is InChI=1S/C6H12BrN3/c1-5(2)10-4-8-9(3)6(10)7/h4-6H,1-3H3. The maximum absolute atomic E-state index is 4.11. The minimum absolute atomic E-state index is 0.229. The highest BCUT2D eigenvalue weighted by Gasteiger charge is 2.23. The normalized spacial score (nSPS) is 25.1. The second kappa shape index (κ2) is 2.78. The van der Waals surface area contributed by atoms with Gasteiger partial charge in [0, 0.05) is 13.1 Å². The Labute approximate surface area is 69.8 Å². The van der Waals surface area contributed by atoms with Gasteiger partial charge in [-0.15, -0.1) is 0 Å². The van der Waals surface area contributed by atoms with Crippen LogP contribution in [-0.4, -0.2) is 34.4 Å². The fourth-order valence-electron chi connectivity index (χ4n) is 0.823. The van der Waals surface area contributed by atoms with Gasteiger partial charge < -0.3 is 4.90 Å². The Balaban J connectivity index is 2.58. The molecule has 0 aliphatic carbocycles. The van der Waals surface area contributed by atoms with E-state index in [4.69, 9.17) is 0 Å². The highest BCUT2D eigenvalue weighted by Crippen LogP contribution is 2.17. The summed E-state index contributed by atoms with van der Waals surface area (Å²) in [5.41, 5.74) is 0. The van der Waals surface area contributed by atoms with E-state index in [0.29, 0.717) is 6.04 Å². The van der Waals surface area contributed by atoms with Crippen molar-refractivity contribution in [2.45, 2.75) is 25.0 Å². The largest absolute Gasteiger partial charge is 0.328 e. The van der Waals surface area contributed by atoms with Gasteiger partial charge in [-0.25, -0.2) is 0 Å². The molecular weight excluding hydrogens is 194 g/mol. The summed E-state index contributed by atoms with van der Waals surface area (Å²) in [5.74, 6) is 0. The topological polar surface area (TPSA) is 18.8 Å². The Kier molecular flexibility index (Phi) is 2.18. The van der Waals surface area contributed by atoms with Crippen molar-refractivity contribution in [2.75, 3.05) is 7.05 Å². The number of halogens is 1. The van der Waals surface area contributed by atoms with Gasteiger partial charge >= 0.3 is 0 Å². The van der Waals surface area contributed by atoms with E-state index < -0.39 is 0 Å². The van der Waals surface area contributed by atoms with Crippen LogP contribution in [0.2, 0.25) is 0 Å². The number of rotatable bonds is 1. The fourth-order valence-corrected chi connectivity index (χ4v) is 1.51. The second-order valence-electron chi connectivity index (χ2n) is 2.66. The minimum Gasteiger partial charge on any atom is -0.328 e. The summed E-state index contributed by atoms with van der Waals surface area (Å²) in [5, 5.41) is 6.21. The van der Waals surface area contributed by atoms with E-state index in [1.54, 1.807) is 0 Å². The summed E-state index contributed by atoms with van der Waals surface area (Å²) in [6.07, 6.45) is 1.85. The van der Waals surface area contributed by atoms with Gasteiger partial charge in [-0.1, -0.05) is 0 Å². The molecule has 0 aromatic carbocycles. The molecule has 0 radical (unpaired) electrons. The van der Waals surface area contributed by atoms with Crippen LogP contribution in [0.5, 0.6) is 0 Å². The van der Waals surface area contributed by atoms with Crippen molar-refractivity contribution in [1.82, 2.24) is 9.91 Å². The number of hydrazone groups is 1. The van der Waals surface area contributed by atoms with Crippen LogP contribution < -0.4 is 0 Å². The zero-order valence-corrected chi connectivity index (χ0v) is 8.04. The molecule has 1 aliphatic rings. The summed E-state index contributed by atoms with van der Waals surface area (Å²) in [7, 11) is 1.94. The molecular formula is C6H12BrN3. The third kappa shape index (κ3) is 1.26. The molecule has 1 rings (SSSR count). The van der Waals surface area contributed by atoms with Crippen molar-refractivity contribution < 1.29 is 0 Å². The van der Waals surface area contributed by atoms with Crippen LogP contribution in [-0.2, 0) is 0 Å². The van der Waals surface area contributed by atoms with Crippen molar-refractivity contribution in [2.24, 2.45) is 5.10 Å². The quantitative estimate of drug-likeness (QED) is 0.475. The van der Waals surface area contributed by atoms with Gasteiger partial charge in [-0.05, 0) is 29.8 Å². The molecule has 1 atom stereocenters. The van der Waals surface area contributed by atoms with Gasteiger partial charge in [0.05, 0.1) is 0 Å². The van der Waals surface area contributed by atoms with Gasteiger partial charge in [-0.3, -0.25) is 5.01 Å². The molecule has 0 aromatic rings. The molecule has 1 unspecified atom stereocenters. The molecule has 1 aliphatic heterocycles. The van der Waals surface area contributed by atoms with Crippen LogP contribution >= 0.6 is 15.9 Å². The van der Waals surface area contributed by atoms with Crippen LogP contribution in [0.3, 0.4) is 0 Å². The van der Waals surface area contributed by atoms with E-state index in [2.05, 4.69) is 39.8 Å². The maximum atomic E-state index is 4.11. The zero-order valence-electron chi connectivity index (χ0n) is 6.45. The molecule has 4 heteroatoms. The molecule has 0 spiro atoms. The summed E-state index contributed by atoms with van der Waals surface area (Å²) < 4.78 is 0. The fraction of sp³-hybridized carbons (Fsp3) is 0.833. The molecule has 10 heavy (non-hydrogen) atoms. The van der Waals surface area contributed by atoms with Gasteiger partial charge in [0.25, 0.3) is 0 Å². The average molecular weight is 206 g/mol. The Morgan fingerprint density at radius 3 is 2.40 bits per heavy atom. The van der Waals surface area contributed by atoms with Gasteiger partial charge in [-0.2, -0.15) is 5.10 Å². The lowest BCUT2D eigenvalue weighted by atomic mass is 10.4. The van der Waals surface area contributed by atoms with Gasteiger partial charge in [0.1, 0.15) is 6.34 Å². The van der Waals surface area contributed by atoms with Gasteiger partial charge in [0.15, 0.2) is 5.08 Å². The second-order valence-corrected chi connectivity index (χ2v) is 3.48. The lowest BCUT2D eigenvalue weighted by molar-refractivity contribution is 0.223. The summed E-state index contributed by atoms with van der Waals surface area (Å²) in [6, 6.07) is 0.498. The Bertz CT molecular complexity index is 146. The van der Waals surface area contributed by atoms with E-state index >= 15 is 0 Å². The summed E-state index contributed by atoms with van der Waals surface area (Å²) in [4.78, 5) is 2.14. The summed E-state index contributed by atoms with van der Waals surface area (Å²) >= 11 is 3.50. The Morgan fingerprint density at radius 1 is 1.60 bits per heavy atom. The maximum Gasteiger partial charge on any atom is 0.175 e. The highest BCUT2D eigenvalue weighted by molar-refractivity contribution is 9.09. The number of hydrogen-bond acceptors (Lipinski definition) is 3. The average Bonchev–Trinajstić information content (AvgIpc) is 2.14. The minimum atomic E-state index is 0.229. The third-order valence-electron chi connectivity index (χ3n) is 1.52. The predicted molar refractivity (Wildman–Crippen MR) is 45.9 cm³/mol. The first-order chi connectivity index (χ1) is 4.63. The van der Waals surface area contributed by atoms with Crippen LogP contribution in [0, 0.1) is 0 Å². The first-order valence-electron chi connectivity index (χ1n) is 3.31. The van der Waals surface area contributed by atoms with Crippen LogP contribution in [0.25, 0.3) is 0 Å². The van der Waals surface area contributed by atoms with Crippen LogP contribution in [0.15, 0.2) is 5.10 Å². The first kappa shape index (κ1) is 7.85. The predicted octanol–water partition coefficient (Wildman–Crippen LogP) is 1.26. The van der Waals surface area contributed by atoms with Crippen LogP contribution in [0.1, 0.15) is 13.8 Å². The molecule has 58 valence electrons. The molecule has 0 amide bonds. The molecule has 0 aromatic heterocycles. The van der Waals surface area contributed by atoms with E-state index in [9.17, 15) is 0 Å². The van der Waals surface area contributed by atoms with Crippen molar-refractivity contribution in [1.29, 1.82) is 0 Å².